The van der Waals surface area contributed by atoms with E-state index in [9.17, 15) is 4.79 Å². The minimum absolute atomic E-state index is 0.0345. The zero-order valence-corrected chi connectivity index (χ0v) is 12.8. The van der Waals surface area contributed by atoms with Crippen molar-refractivity contribution >= 4 is 5.91 Å². The van der Waals surface area contributed by atoms with Crippen molar-refractivity contribution in [3.8, 4) is 5.88 Å². The van der Waals surface area contributed by atoms with Crippen LogP contribution in [0.4, 0.5) is 0 Å². The molecule has 1 aliphatic rings. The van der Waals surface area contributed by atoms with E-state index in [4.69, 9.17) is 9.84 Å². The number of aliphatic hydroxyl groups excluding tert-OH is 1. The Morgan fingerprint density at radius 1 is 1.57 bits per heavy atom. The molecular weight excluding hydrogens is 270 g/mol. The number of nitrogens with one attached hydrogen (secondary N) is 1. The van der Waals surface area contributed by atoms with E-state index in [0.29, 0.717) is 37.5 Å². The summed E-state index contributed by atoms with van der Waals surface area (Å²) in [6.45, 7) is 5.91. The first kappa shape index (κ1) is 15.7. The van der Waals surface area contributed by atoms with Crippen molar-refractivity contribution in [1.29, 1.82) is 0 Å². The maximum absolute atomic E-state index is 12.2. The van der Waals surface area contributed by atoms with Crippen molar-refractivity contribution in [3.05, 3.63) is 22.9 Å². The van der Waals surface area contributed by atoms with E-state index in [1.807, 2.05) is 19.9 Å². The summed E-state index contributed by atoms with van der Waals surface area (Å²) in [4.78, 5) is 18.4. The number of ether oxygens (including phenoxy) is 1. The van der Waals surface area contributed by atoms with Crippen LogP contribution in [0.2, 0.25) is 0 Å². The molecule has 2 N–H and O–H groups in total. The number of carbonyl (C=O) groups is 1. The molecule has 0 unspecified atom stereocenters. The second-order valence-electron chi connectivity index (χ2n) is 5.26. The van der Waals surface area contributed by atoms with Crippen LogP contribution in [-0.4, -0.2) is 47.2 Å². The van der Waals surface area contributed by atoms with Gasteiger partial charge in [-0.25, -0.2) is 4.98 Å². The zero-order valence-electron chi connectivity index (χ0n) is 12.8. The van der Waals surface area contributed by atoms with E-state index in [2.05, 4.69) is 10.3 Å². The largest absolute Gasteiger partial charge is 0.481 e. The molecule has 0 saturated heterocycles. The Kier molecular flexibility index (Phi) is 5.14. The Bertz CT molecular complexity index is 519. The van der Waals surface area contributed by atoms with Gasteiger partial charge in [-0.05, 0) is 26.3 Å². The molecule has 1 aromatic rings. The number of methoxy groups -OCH3 is 1. The topological polar surface area (TPSA) is 74.7 Å². The quantitative estimate of drug-likeness (QED) is 0.782. The highest BCUT2D eigenvalue weighted by Gasteiger charge is 2.29. The fourth-order valence-electron chi connectivity index (χ4n) is 2.44. The predicted molar refractivity (Wildman–Crippen MR) is 79.2 cm³/mol. The van der Waals surface area contributed by atoms with Gasteiger partial charge in [0.15, 0.2) is 0 Å². The fourth-order valence-corrected chi connectivity index (χ4v) is 2.44. The number of amides is 1. The molecule has 21 heavy (non-hydrogen) atoms. The van der Waals surface area contributed by atoms with Crippen LogP contribution in [0.1, 0.15) is 41.9 Å². The van der Waals surface area contributed by atoms with E-state index >= 15 is 0 Å². The number of hydrogen-bond donors (Lipinski definition) is 2. The molecule has 0 fully saturated rings. The minimum atomic E-state index is 0.0345. The van der Waals surface area contributed by atoms with Crippen LogP contribution in [-0.2, 0) is 13.1 Å². The highest BCUT2D eigenvalue weighted by Crippen LogP contribution is 2.26. The lowest BCUT2D eigenvalue weighted by molar-refractivity contribution is 0.0786. The van der Waals surface area contributed by atoms with Gasteiger partial charge in [-0.3, -0.25) is 4.79 Å². The van der Waals surface area contributed by atoms with Crippen LogP contribution < -0.4 is 10.1 Å². The lowest BCUT2D eigenvalue weighted by atomic mass is 10.1. The van der Waals surface area contributed by atoms with Crippen molar-refractivity contribution in [2.45, 2.75) is 39.4 Å². The molecule has 1 aromatic heterocycles. The molecule has 0 aromatic carbocycles. The lowest BCUT2D eigenvalue weighted by Gasteiger charge is -2.14. The molecule has 1 atom stereocenters. The zero-order chi connectivity index (χ0) is 15.4. The Hall–Kier alpha value is -1.66. The normalized spacial score (nSPS) is 15.2. The predicted octanol–water partition coefficient (Wildman–Crippen LogP) is 0.926. The number of pyridine rings is 1. The summed E-state index contributed by atoms with van der Waals surface area (Å²) in [7, 11) is 1.59. The summed E-state index contributed by atoms with van der Waals surface area (Å²) in [6, 6.07) is 2.06. The van der Waals surface area contributed by atoms with E-state index in [1.165, 1.54) is 0 Å². The summed E-state index contributed by atoms with van der Waals surface area (Å²) < 4.78 is 5.34. The van der Waals surface area contributed by atoms with Gasteiger partial charge in [-0.15, -0.1) is 0 Å². The summed E-state index contributed by atoms with van der Waals surface area (Å²) in [5.41, 5.74) is 2.32. The molecular formula is C15H23N3O3. The van der Waals surface area contributed by atoms with Crippen molar-refractivity contribution in [2.24, 2.45) is 0 Å². The molecule has 0 saturated carbocycles. The molecule has 2 rings (SSSR count). The fraction of sp³-hybridized carbons (Fsp3) is 0.600. The van der Waals surface area contributed by atoms with Gasteiger partial charge < -0.3 is 20.1 Å². The second kappa shape index (κ2) is 6.87. The van der Waals surface area contributed by atoms with Gasteiger partial charge in [0.05, 0.1) is 24.9 Å². The third-order valence-corrected chi connectivity index (χ3v) is 3.78. The van der Waals surface area contributed by atoms with Crippen LogP contribution in [0, 0.1) is 0 Å². The molecule has 0 aliphatic carbocycles. The van der Waals surface area contributed by atoms with Crippen molar-refractivity contribution in [3.63, 3.8) is 0 Å². The number of hydrogen-bond acceptors (Lipinski definition) is 5. The molecule has 0 radical (unpaired) electrons. The Morgan fingerprint density at radius 3 is 2.95 bits per heavy atom. The first-order valence-corrected chi connectivity index (χ1v) is 7.31. The molecule has 1 amide bonds. The summed E-state index contributed by atoms with van der Waals surface area (Å²) in [6.07, 6.45) is 0.684. The number of fused-ring (bicyclic) bond motifs is 1. The van der Waals surface area contributed by atoms with Crippen LogP contribution in [0.5, 0.6) is 5.88 Å². The Labute approximate surface area is 125 Å². The molecule has 0 bridgehead atoms. The van der Waals surface area contributed by atoms with Gasteiger partial charge in [0.1, 0.15) is 0 Å². The Morgan fingerprint density at radius 2 is 2.33 bits per heavy atom. The van der Waals surface area contributed by atoms with Crippen molar-refractivity contribution < 1.29 is 14.6 Å². The smallest absolute Gasteiger partial charge is 0.256 e. The number of aliphatic hydroxyl groups is 1. The van der Waals surface area contributed by atoms with E-state index in [0.717, 1.165) is 11.3 Å². The highest BCUT2D eigenvalue weighted by atomic mass is 16.5. The molecule has 2 heterocycles. The first-order chi connectivity index (χ1) is 10.1. The third-order valence-electron chi connectivity index (χ3n) is 3.78. The van der Waals surface area contributed by atoms with Gasteiger partial charge in [0.25, 0.3) is 5.91 Å². The first-order valence-electron chi connectivity index (χ1n) is 7.31. The van der Waals surface area contributed by atoms with Gasteiger partial charge in [0.2, 0.25) is 5.88 Å². The van der Waals surface area contributed by atoms with Crippen LogP contribution in [0.15, 0.2) is 6.07 Å². The number of carbonyl (C=O) groups excluding carboxylic acids is 1. The van der Waals surface area contributed by atoms with Crippen LogP contribution in [0.25, 0.3) is 0 Å². The van der Waals surface area contributed by atoms with Gasteiger partial charge in [0, 0.05) is 31.3 Å². The van der Waals surface area contributed by atoms with Gasteiger partial charge in [-0.2, -0.15) is 0 Å². The van der Waals surface area contributed by atoms with E-state index in [1.54, 1.807) is 12.0 Å². The number of rotatable bonds is 7. The minimum Gasteiger partial charge on any atom is -0.481 e. The standard InChI is InChI=1S/C15H23N3O3/c1-4-18-9-13-12(15(18)20)7-11(14(17-13)21-3)8-16-10(2)5-6-19/h7,10,16,19H,4-6,8-9H2,1-3H3/t10-/m1/s1. The summed E-state index contributed by atoms with van der Waals surface area (Å²) >= 11 is 0. The van der Waals surface area contributed by atoms with Crippen molar-refractivity contribution in [1.82, 2.24) is 15.2 Å². The lowest BCUT2D eigenvalue weighted by Crippen LogP contribution is -2.27. The van der Waals surface area contributed by atoms with E-state index < -0.39 is 0 Å². The third kappa shape index (κ3) is 3.33. The van der Waals surface area contributed by atoms with Crippen LogP contribution in [0.3, 0.4) is 0 Å². The van der Waals surface area contributed by atoms with Crippen molar-refractivity contribution in [2.75, 3.05) is 20.3 Å². The average Bonchev–Trinajstić information content (AvgIpc) is 2.80. The molecule has 1 aliphatic heterocycles. The molecule has 116 valence electrons. The maximum atomic E-state index is 12.2. The average molecular weight is 293 g/mol. The second-order valence-corrected chi connectivity index (χ2v) is 5.26. The number of nitrogens with zero attached hydrogens (tertiary/aromatic N) is 2. The summed E-state index contributed by atoms with van der Waals surface area (Å²) in [5, 5.41) is 12.2. The Balaban J connectivity index is 2.19. The monoisotopic (exact) mass is 293 g/mol. The molecule has 6 nitrogen and oxygen atoms in total. The maximum Gasteiger partial charge on any atom is 0.256 e. The molecule has 0 spiro atoms. The summed E-state index contributed by atoms with van der Waals surface area (Å²) in [5.74, 6) is 0.593. The SMILES string of the molecule is CCN1Cc2nc(OC)c(CN[C@H](C)CCO)cc2C1=O. The van der Waals surface area contributed by atoms with Gasteiger partial charge >= 0.3 is 0 Å². The van der Waals surface area contributed by atoms with Gasteiger partial charge in [-0.1, -0.05) is 0 Å². The highest BCUT2D eigenvalue weighted by molar-refractivity contribution is 5.98. The molecule has 6 heteroatoms. The number of aromatic nitrogens is 1. The van der Waals surface area contributed by atoms with Crippen LogP contribution >= 0.6 is 0 Å². The van der Waals surface area contributed by atoms with E-state index in [-0.39, 0.29) is 18.6 Å².